The number of halogens is 1. The van der Waals surface area contributed by atoms with Crippen molar-refractivity contribution >= 4 is 23.3 Å². The molecule has 1 aromatic carbocycles. The second kappa shape index (κ2) is 5.42. The summed E-state index contributed by atoms with van der Waals surface area (Å²) in [6.45, 7) is 0.0294. The number of aliphatic hydroxyl groups excluding tert-OH is 1. The summed E-state index contributed by atoms with van der Waals surface area (Å²) in [6, 6.07) is 8.59. The smallest absolute Gasteiger partial charge is 0.320 e. The lowest BCUT2D eigenvalue weighted by atomic mass is 9.81. The van der Waals surface area contributed by atoms with Gasteiger partial charge in [-0.15, -0.1) is 0 Å². The van der Waals surface area contributed by atoms with E-state index >= 15 is 0 Å². The molecule has 1 aromatic heterocycles. The molecule has 2 aromatic rings. The lowest BCUT2D eigenvalue weighted by Crippen LogP contribution is -2.52. The zero-order chi connectivity index (χ0) is 14.9. The van der Waals surface area contributed by atoms with Crippen molar-refractivity contribution in [2.24, 2.45) is 0 Å². The molecular formula is C15H15ClN2O3. The van der Waals surface area contributed by atoms with Gasteiger partial charge in [-0.1, -0.05) is 11.6 Å². The third kappa shape index (κ3) is 2.39. The van der Waals surface area contributed by atoms with Crippen molar-refractivity contribution in [1.29, 1.82) is 0 Å². The topological polar surface area (TPSA) is 74.5 Å². The van der Waals surface area contributed by atoms with Gasteiger partial charge in [0, 0.05) is 22.9 Å². The van der Waals surface area contributed by atoms with Crippen LogP contribution in [-0.4, -0.2) is 17.7 Å². The molecule has 6 heteroatoms. The summed E-state index contributed by atoms with van der Waals surface area (Å²) in [6.07, 6.45) is 2.60. The van der Waals surface area contributed by atoms with Gasteiger partial charge in [-0.25, -0.2) is 4.79 Å². The molecule has 0 saturated heterocycles. The van der Waals surface area contributed by atoms with E-state index in [-0.39, 0.29) is 12.6 Å². The number of nitrogens with one attached hydrogen (secondary N) is 2. The van der Waals surface area contributed by atoms with Crippen LogP contribution >= 0.6 is 11.6 Å². The van der Waals surface area contributed by atoms with E-state index in [0.29, 0.717) is 29.3 Å². The molecule has 3 rings (SSSR count). The van der Waals surface area contributed by atoms with Crippen LogP contribution < -0.4 is 10.6 Å². The zero-order valence-corrected chi connectivity index (χ0v) is 12.0. The Balaban J connectivity index is 2.19. The maximum absolute atomic E-state index is 12.0. The van der Waals surface area contributed by atoms with Gasteiger partial charge in [0.2, 0.25) is 0 Å². The van der Waals surface area contributed by atoms with Crippen molar-refractivity contribution in [3.63, 3.8) is 0 Å². The number of benzene rings is 1. The van der Waals surface area contributed by atoms with Crippen molar-refractivity contribution < 1.29 is 14.3 Å². The number of carbonyl (C=O) groups is 1. The number of aliphatic hydroxyl groups is 1. The van der Waals surface area contributed by atoms with Crippen LogP contribution in [0.4, 0.5) is 10.5 Å². The second-order valence-corrected chi connectivity index (χ2v) is 5.42. The first kappa shape index (κ1) is 14.0. The van der Waals surface area contributed by atoms with Crippen LogP contribution in [0.1, 0.15) is 24.2 Å². The van der Waals surface area contributed by atoms with Gasteiger partial charge in [-0.3, -0.25) is 0 Å². The van der Waals surface area contributed by atoms with Gasteiger partial charge < -0.3 is 20.2 Å². The van der Waals surface area contributed by atoms with Crippen molar-refractivity contribution in [2.75, 3.05) is 11.9 Å². The molecule has 3 N–H and O–H groups in total. The Morgan fingerprint density at radius 3 is 2.90 bits per heavy atom. The molecule has 0 spiro atoms. The lowest BCUT2D eigenvalue weighted by molar-refractivity contribution is 0.218. The number of rotatable bonds is 4. The predicted molar refractivity (Wildman–Crippen MR) is 79.4 cm³/mol. The fourth-order valence-electron chi connectivity index (χ4n) is 2.77. The van der Waals surface area contributed by atoms with E-state index in [1.54, 1.807) is 24.5 Å². The minimum absolute atomic E-state index is 0.0294. The molecule has 1 aliphatic heterocycles. The Morgan fingerprint density at radius 2 is 2.19 bits per heavy atom. The van der Waals surface area contributed by atoms with Gasteiger partial charge in [0.1, 0.15) is 11.3 Å². The summed E-state index contributed by atoms with van der Waals surface area (Å²) < 4.78 is 5.55. The van der Waals surface area contributed by atoms with Crippen molar-refractivity contribution in [2.45, 2.75) is 18.4 Å². The molecule has 2 amide bonds. The van der Waals surface area contributed by atoms with Crippen molar-refractivity contribution in [3.8, 4) is 0 Å². The van der Waals surface area contributed by atoms with E-state index in [1.165, 1.54) is 0 Å². The maximum Gasteiger partial charge on any atom is 0.320 e. The first-order valence-electron chi connectivity index (χ1n) is 6.70. The number of urea groups is 1. The molecule has 110 valence electrons. The van der Waals surface area contributed by atoms with Crippen LogP contribution in [0.5, 0.6) is 0 Å². The van der Waals surface area contributed by atoms with Crippen LogP contribution in [0.3, 0.4) is 0 Å². The second-order valence-electron chi connectivity index (χ2n) is 4.98. The molecule has 2 heterocycles. The standard InChI is InChI=1S/C15H15ClN2O3/c16-10-4-5-12-11(9-10)15(6-2-7-19,18-14(20)17-12)13-3-1-8-21-13/h1,3-5,8-9,19H,2,6-7H2,(H2,17,18,20). The number of fused-ring (bicyclic) bond motifs is 1. The summed E-state index contributed by atoms with van der Waals surface area (Å²) in [7, 11) is 0. The van der Waals surface area contributed by atoms with Gasteiger partial charge in [0.15, 0.2) is 0 Å². The van der Waals surface area contributed by atoms with E-state index in [2.05, 4.69) is 10.6 Å². The third-order valence-electron chi connectivity index (χ3n) is 3.67. The van der Waals surface area contributed by atoms with Gasteiger partial charge >= 0.3 is 6.03 Å². The Kier molecular flexibility index (Phi) is 3.61. The lowest BCUT2D eigenvalue weighted by Gasteiger charge is -2.38. The van der Waals surface area contributed by atoms with E-state index in [1.807, 2.05) is 12.1 Å². The highest BCUT2D eigenvalue weighted by Crippen LogP contribution is 2.42. The van der Waals surface area contributed by atoms with E-state index in [9.17, 15) is 9.90 Å². The van der Waals surface area contributed by atoms with Gasteiger partial charge in [-0.05, 0) is 43.2 Å². The van der Waals surface area contributed by atoms with Crippen LogP contribution in [0.15, 0.2) is 41.0 Å². The molecule has 5 nitrogen and oxygen atoms in total. The Hall–Kier alpha value is -1.98. The highest BCUT2D eigenvalue weighted by atomic mass is 35.5. The van der Waals surface area contributed by atoms with Gasteiger partial charge in [0.05, 0.1) is 6.26 Å². The summed E-state index contributed by atoms with van der Waals surface area (Å²) >= 11 is 6.12. The van der Waals surface area contributed by atoms with Crippen LogP contribution in [-0.2, 0) is 5.54 Å². The molecular weight excluding hydrogens is 292 g/mol. The third-order valence-corrected chi connectivity index (χ3v) is 3.90. The predicted octanol–water partition coefficient (Wildman–Crippen LogP) is 3.08. The quantitative estimate of drug-likeness (QED) is 0.812. The summed E-state index contributed by atoms with van der Waals surface area (Å²) in [4.78, 5) is 12.0. The SMILES string of the molecule is O=C1Nc2ccc(Cl)cc2C(CCCO)(c2ccco2)N1. The van der Waals surface area contributed by atoms with Crippen LogP contribution in [0, 0.1) is 0 Å². The van der Waals surface area contributed by atoms with E-state index < -0.39 is 5.54 Å². The number of carbonyl (C=O) groups excluding carboxylic acids is 1. The number of amides is 2. The molecule has 0 bridgehead atoms. The number of hydrogen-bond acceptors (Lipinski definition) is 3. The number of hydrogen-bond donors (Lipinski definition) is 3. The fourth-order valence-corrected chi connectivity index (χ4v) is 2.95. The first-order chi connectivity index (χ1) is 10.2. The molecule has 1 atom stereocenters. The average Bonchev–Trinajstić information content (AvgIpc) is 3.00. The van der Waals surface area contributed by atoms with Gasteiger partial charge in [0.25, 0.3) is 0 Å². The molecule has 0 radical (unpaired) electrons. The molecule has 1 unspecified atom stereocenters. The zero-order valence-electron chi connectivity index (χ0n) is 11.2. The monoisotopic (exact) mass is 306 g/mol. The molecule has 0 fully saturated rings. The van der Waals surface area contributed by atoms with Crippen molar-refractivity contribution in [3.05, 3.63) is 52.9 Å². The highest BCUT2D eigenvalue weighted by Gasteiger charge is 2.43. The summed E-state index contributed by atoms with van der Waals surface area (Å²) in [5.74, 6) is 0.620. The summed E-state index contributed by atoms with van der Waals surface area (Å²) in [5, 5.41) is 15.5. The number of anilines is 1. The molecule has 1 aliphatic rings. The molecule has 0 aliphatic carbocycles. The van der Waals surface area contributed by atoms with Crippen molar-refractivity contribution in [1.82, 2.24) is 5.32 Å². The summed E-state index contributed by atoms with van der Waals surface area (Å²) in [5.41, 5.74) is 0.699. The molecule has 21 heavy (non-hydrogen) atoms. The fraction of sp³-hybridized carbons (Fsp3) is 0.267. The molecule has 0 saturated carbocycles. The van der Waals surface area contributed by atoms with E-state index in [4.69, 9.17) is 16.0 Å². The highest BCUT2D eigenvalue weighted by molar-refractivity contribution is 6.30. The minimum atomic E-state index is -0.825. The minimum Gasteiger partial charge on any atom is -0.466 e. The number of furan rings is 1. The van der Waals surface area contributed by atoms with Gasteiger partial charge in [-0.2, -0.15) is 0 Å². The first-order valence-corrected chi connectivity index (χ1v) is 7.07. The average molecular weight is 307 g/mol. The van der Waals surface area contributed by atoms with Crippen LogP contribution in [0.25, 0.3) is 0 Å². The normalized spacial score (nSPS) is 20.6. The largest absolute Gasteiger partial charge is 0.466 e. The van der Waals surface area contributed by atoms with Crippen LogP contribution in [0.2, 0.25) is 5.02 Å². The Morgan fingerprint density at radius 1 is 1.33 bits per heavy atom. The Bertz CT molecular complexity index is 657. The maximum atomic E-state index is 12.0. The Labute approximate surface area is 126 Å². The van der Waals surface area contributed by atoms with E-state index in [0.717, 1.165) is 5.56 Å².